The molecule has 1 saturated heterocycles. The molecular weight excluding hydrogens is 360 g/mol. The second-order valence-corrected chi connectivity index (χ2v) is 7.59. The number of nitrogens with zero attached hydrogens (tertiary/aromatic N) is 2. The zero-order chi connectivity index (χ0) is 20.1. The number of hydrogen-bond acceptors (Lipinski definition) is 4. The van der Waals surface area contributed by atoms with E-state index in [1.807, 2.05) is 42.5 Å². The third-order valence-corrected chi connectivity index (χ3v) is 5.34. The molecule has 1 aliphatic rings. The monoisotopic (exact) mass is 386 g/mol. The van der Waals surface area contributed by atoms with Gasteiger partial charge in [0.15, 0.2) is 0 Å². The third-order valence-electron chi connectivity index (χ3n) is 5.34. The van der Waals surface area contributed by atoms with Gasteiger partial charge in [0.25, 0.3) is 5.91 Å². The van der Waals surface area contributed by atoms with Gasteiger partial charge in [-0.2, -0.15) is 0 Å². The molecule has 148 valence electrons. The Kier molecular flexibility index (Phi) is 5.75. The van der Waals surface area contributed by atoms with Crippen molar-refractivity contribution < 1.29 is 4.79 Å². The molecule has 0 aliphatic carbocycles. The number of rotatable bonds is 5. The maximum absolute atomic E-state index is 12.7. The lowest BCUT2D eigenvalue weighted by Crippen LogP contribution is -2.32. The van der Waals surface area contributed by atoms with Gasteiger partial charge >= 0.3 is 0 Å². The van der Waals surface area contributed by atoms with Crippen LogP contribution in [0.1, 0.15) is 30.1 Å². The standard InChI is InChI=1S/C24H26N4O/c1-18-12-15-28(16-13-18)22-9-7-21(8-10-22)27-24(29)19-11-14-25-23(17-19)26-20-5-3-2-4-6-20/h2-11,14,17-18H,12-13,15-16H2,1H3,(H,25,26)(H,27,29). The summed E-state index contributed by atoms with van der Waals surface area (Å²) < 4.78 is 0. The maximum Gasteiger partial charge on any atom is 0.255 e. The van der Waals surface area contributed by atoms with Crippen LogP contribution < -0.4 is 15.5 Å². The van der Waals surface area contributed by atoms with Crippen LogP contribution in [-0.4, -0.2) is 24.0 Å². The van der Waals surface area contributed by atoms with Gasteiger partial charge in [-0.15, -0.1) is 0 Å². The van der Waals surface area contributed by atoms with Gasteiger partial charge in [0, 0.05) is 41.9 Å². The third kappa shape index (κ3) is 4.93. The summed E-state index contributed by atoms with van der Waals surface area (Å²) in [6.45, 7) is 4.51. The fourth-order valence-corrected chi connectivity index (χ4v) is 3.54. The minimum Gasteiger partial charge on any atom is -0.372 e. The van der Waals surface area contributed by atoms with Crippen LogP contribution in [0.4, 0.5) is 22.9 Å². The van der Waals surface area contributed by atoms with E-state index in [0.29, 0.717) is 11.4 Å². The van der Waals surface area contributed by atoms with Crippen LogP contribution in [0.2, 0.25) is 0 Å². The van der Waals surface area contributed by atoms with Crippen LogP contribution in [0.5, 0.6) is 0 Å². The Bertz CT molecular complexity index is 948. The summed E-state index contributed by atoms with van der Waals surface area (Å²) in [5, 5.41) is 6.19. The predicted molar refractivity (Wildman–Crippen MR) is 119 cm³/mol. The molecule has 4 rings (SSSR count). The summed E-state index contributed by atoms with van der Waals surface area (Å²) >= 11 is 0. The van der Waals surface area contributed by atoms with Gasteiger partial charge in [0.1, 0.15) is 5.82 Å². The summed E-state index contributed by atoms with van der Waals surface area (Å²) in [6.07, 6.45) is 4.11. The number of nitrogens with one attached hydrogen (secondary N) is 2. The van der Waals surface area contributed by atoms with Crippen LogP contribution >= 0.6 is 0 Å². The zero-order valence-electron chi connectivity index (χ0n) is 16.6. The largest absolute Gasteiger partial charge is 0.372 e. The lowest BCUT2D eigenvalue weighted by atomic mass is 9.99. The Hall–Kier alpha value is -3.34. The second-order valence-electron chi connectivity index (χ2n) is 7.59. The minimum absolute atomic E-state index is 0.150. The Morgan fingerprint density at radius 3 is 2.41 bits per heavy atom. The summed E-state index contributed by atoms with van der Waals surface area (Å²) in [5.74, 6) is 1.30. The maximum atomic E-state index is 12.7. The molecule has 1 amide bonds. The summed E-state index contributed by atoms with van der Waals surface area (Å²) in [7, 11) is 0. The van der Waals surface area contributed by atoms with E-state index in [1.165, 1.54) is 18.5 Å². The van der Waals surface area contributed by atoms with E-state index in [0.717, 1.165) is 30.4 Å². The fraction of sp³-hybridized carbons (Fsp3) is 0.250. The quantitative estimate of drug-likeness (QED) is 0.624. The molecule has 0 saturated carbocycles. The molecule has 0 spiro atoms. The topological polar surface area (TPSA) is 57.3 Å². The molecule has 29 heavy (non-hydrogen) atoms. The smallest absolute Gasteiger partial charge is 0.255 e. The van der Waals surface area contributed by atoms with Crippen LogP contribution in [0.25, 0.3) is 0 Å². The Balaban J connectivity index is 1.39. The first-order chi connectivity index (χ1) is 14.2. The van der Waals surface area contributed by atoms with E-state index in [1.54, 1.807) is 18.3 Å². The number of amides is 1. The highest BCUT2D eigenvalue weighted by molar-refractivity contribution is 6.04. The molecular formula is C24H26N4O. The highest BCUT2D eigenvalue weighted by Gasteiger charge is 2.16. The van der Waals surface area contributed by atoms with Gasteiger partial charge in [0.05, 0.1) is 0 Å². The molecule has 0 radical (unpaired) electrons. The normalized spacial score (nSPS) is 14.4. The van der Waals surface area contributed by atoms with E-state index >= 15 is 0 Å². The highest BCUT2D eigenvalue weighted by atomic mass is 16.1. The van der Waals surface area contributed by atoms with Gasteiger partial charge in [-0.05, 0) is 67.3 Å². The minimum atomic E-state index is -0.150. The highest BCUT2D eigenvalue weighted by Crippen LogP contribution is 2.24. The number of pyridine rings is 1. The molecule has 2 aromatic carbocycles. The first-order valence-electron chi connectivity index (χ1n) is 10.1. The van der Waals surface area contributed by atoms with E-state index in [4.69, 9.17) is 0 Å². The predicted octanol–water partition coefficient (Wildman–Crippen LogP) is 5.31. The molecule has 1 aliphatic heterocycles. The van der Waals surface area contributed by atoms with Crippen molar-refractivity contribution in [2.75, 3.05) is 28.6 Å². The van der Waals surface area contributed by atoms with E-state index < -0.39 is 0 Å². The van der Waals surface area contributed by atoms with Crippen molar-refractivity contribution in [3.63, 3.8) is 0 Å². The van der Waals surface area contributed by atoms with Gasteiger partial charge in [0.2, 0.25) is 0 Å². The molecule has 1 aromatic heterocycles. The van der Waals surface area contributed by atoms with E-state index in [9.17, 15) is 4.79 Å². The number of para-hydroxylation sites is 1. The number of carbonyl (C=O) groups is 1. The molecule has 3 aromatic rings. The molecule has 2 heterocycles. The fourth-order valence-electron chi connectivity index (χ4n) is 3.54. The number of anilines is 4. The van der Waals surface area contributed by atoms with Crippen molar-refractivity contribution in [1.82, 2.24) is 4.98 Å². The lowest BCUT2D eigenvalue weighted by molar-refractivity contribution is 0.102. The van der Waals surface area contributed by atoms with Gasteiger partial charge < -0.3 is 15.5 Å². The van der Waals surface area contributed by atoms with Crippen molar-refractivity contribution >= 4 is 28.8 Å². The van der Waals surface area contributed by atoms with Gasteiger partial charge in [-0.3, -0.25) is 4.79 Å². The van der Waals surface area contributed by atoms with Crippen molar-refractivity contribution in [3.8, 4) is 0 Å². The molecule has 1 fully saturated rings. The Morgan fingerprint density at radius 1 is 0.966 bits per heavy atom. The summed E-state index contributed by atoms with van der Waals surface area (Å²) in [5.41, 5.74) is 3.50. The first-order valence-corrected chi connectivity index (χ1v) is 10.1. The summed E-state index contributed by atoms with van der Waals surface area (Å²) in [6, 6.07) is 21.4. The van der Waals surface area contributed by atoms with Crippen molar-refractivity contribution in [2.24, 2.45) is 5.92 Å². The van der Waals surface area contributed by atoms with Crippen LogP contribution in [0.3, 0.4) is 0 Å². The second kappa shape index (κ2) is 8.78. The Morgan fingerprint density at radius 2 is 1.69 bits per heavy atom. The zero-order valence-corrected chi connectivity index (χ0v) is 16.6. The lowest BCUT2D eigenvalue weighted by Gasteiger charge is -2.32. The van der Waals surface area contributed by atoms with Gasteiger partial charge in [-0.1, -0.05) is 25.1 Å². The van der Waals surface area contributed by atoms with Crippen LogP contribution in [0.15, 0.2) is 72.9 Å². The number of carbonyl (C=O) groups excluding carboxylic acids is 1. The number of aromatic nitrogens is 1. The average molecular weight is 386 g/mol. The van der Waals surface area contributed by atoms with Crippen LogP contribution in [0, 0.1) is 5.92 Å². The SMILES string of the molecule is CC1CCN(c2ccc(NC(=O)c3ccnc(Nc4ccccc4)c3)cc2)CC1. The number of benzene rings is 2. The number of hydrogen-bond donors (Lipinski definition) is 2. The van der Waals surface area contributed by atoms with Gasteiger partial charge in [-0.25, -0.2) is 4.98 Å². The van der Waals surface area contributed by atoms with E-state index in [2.05, 4.69) is 39.6 Å². The molecule has 5 heteroatoms. The van der Waals surface area contributed by atoms with Crippen molar-refractivity contribution in [3.05, 3.63) is 78.5 Å². The van der Waals surface area contributed by atoms with E-state index in [-0.39, 0.29) is 5.91 Å². The van der Waals surface area contributed by atoms with Crippen molar-refractivity contribution in [2.45, 2.75) is 19.8 Å². The molecule has 0 bridgehead atoms. The first kappa shape index (κ1) is 19.0. The summed E-state index contributed by atoms with van der Waals surface area (Å²) in [4.78, 5) is 19.4. The average Bonchev–Trinajstić information content (AvgIpc) is 2.76. The molecule has 2 N–H and O–H groups in total. The van der Waals surface area contributed by atoms with Crippen molar-refractivity contribution in [1.29, 1.82) is 0 Å². The molecule has 0 unspecified atom stereocenters. The Labute approximate surface area is 171 Å². The number of piperidine rings is 1. The molecule has 0 atom stereocenters. The van der Waals surface area contributed by atoms with Crippen LogP contribution in [-0.2, 0) is 0 Å². The molecule has 5 nitrogen and oxygen atoms in total.